The van der Waals surface area contributed by atoms with Crippen LogP contribution in [0.2, 0.25) is 0 Å². The number of carbonyl (C=O) groups is 1. The molecule has 2 saturated carbocycles. The highest BCUT2D eigenvalue weighted by Gasteiger charge is 2.16. The van der Waals surface area contributed by atoms with Crippen LogP contribution in [0.25, 0.3) is 0 Å². The number of rotatable bonds is 3. The quantitative estimate of drug-likeness (QED) is 0.503. The Bertz CT molecular complexity index is 337. The average Bonchev–Trinajstić information content (AvgIpc) is 2.98. The highest BCUT2D eigenvalue weighted by Crippen LogP contribution is 2.22. The Morgan fingerprint density at radius 1 is 1.00 bits per heavy atom. The van der Waals surface area contributed by atoms with Gasteiger partial charge in [0.2, 0.25) is 0 Å². The number of carboxylic acids is 1. The number of hydrogen-bond acceptors (Lipinski definition) is 5. The third-order valence-corrected chi connectivity index (χ3v) is 5.13. The minimum Gasteiger partial charge on any atom is -0.481 e. The van der Waals surface area contributed by atoms with Gasteiger partial charge in [0.05, 0.1) is 5.92 Å². The summed E-state index contributed by atoms with van der Waals surface area (Å²) in [6, 6.07) is 1.42. The smallest absolute Gasteiger partial charge is 0.307 e. The summed E-state index contributed by atoms with van der Waals surface area (Å²) in [5, 5.41) is 8.10. The van der Waals surface area contributed by atoms with Crippen LogP contribution >= 0.6 is 0 Å². The first-order chi connectivity index (χ1) is 12.5. The topological polar surface area (TPSA) is 141 Å². The molecule has 0 heterocycles. The molecule has 2 aliphatic carbocycles. The largest absolute Gasteiger partial charge is 0.481 e. The van der Waals surface area contributed by atoms with Gasteiger partial charge in [-0.2, -0.15) is 0 Å². The first-order valence-electron chi connectivity index (χ1n) is 10.7. The molecule has 2 fully saturated rings. The predicted molar refractivity (Wildman–Crippen MR) is 116 cm³/mol. The van der Waals surface area contributed by atoms with Gasteiger partial charge in [-0.25, -0.2) is 0 Å². The molecular weight excluding hydrogens is 340 g/mol. The first kappa shape index (κ1) is 28.5. The molecule has 6 atom stereocenters. The molecule has 0 saturated heterocycles. The SMILES string of the molecule is CC(CN)C(=O)O.CCC(C)N.C[C@H]1CCC[C@@H](N)C1.C[C@H]1CC[C@@H](N)C1. The molecule has 0 aliphatic heterocycles. The fourth-order valence-corrected chi connectivity index (χ4v) is 2.83. The summed E-state index contributed by atoms with van der Waals surface area (Å²) in [5.74, 6) is 0.552. The van der Waals surface area contributed by atoms with Crippen LogP contribution in [0, 0.1) is 17.8 Å². The molecule has 9 N–H and O–H groups in total. The normalized spacial score (nSPS) is 28.9. The van der Waals surface area contributed by atoms with Crippen molar-refractivity contribution < 1.29 is 9.90 Å². The van der Waals surface area contributed by atoms with Gasteiger partial charge in [0.1, 0.15) is 0 Å². The molecular formula is C21H48N4O2. The summed E-state index contributed by atoms with van der Waals surface area (Å²) in [6.45, 7) is 10.4. The van der Waals surface area contributed by atoms with Crippen LogP contribution in [-0.4, -0.2) is 35.7 Å². The van der Waals surface area contributed by atoms with Gasteiger partial charge in [-0.1, -0.05) is 40.5 Å². The van der Waals surface area contributed by atoms with Gasteiger partial charge < -0.3 is 28.0 Å². The van der Waals surface area contributed by atoms with Gasteiger partial charge in [0.15, 0.2) is 0 Å². The summed E-state index contributed by atoms with van der Waals surface area (Å²) in [6.07, 6.45) is 10.2. The Kier molecular flexibility index (Phi) is 18.4. The van der Waals surface area contributed by atoms with E-state index in [4.69, 9.17) is 28.0 Å². The molecule has 0 aromatic heterocycles. The first-order valence-corrected chi connectivity index (χ1v) is 10.7. The van der Waals surface area contributed by atoms with E-state index in [-0.39, 0.29) is 6.54 Å². The number of nitrogens with two attached hydrogens (primary N) is 4. The Morgan fingerprint density at radius 2 is 1.44 bits per heavy atom. The van der Waals surface area contributed by atoms with Crippen molar-refractivity contribution in [2.24, 2.45) is 40.7 Å². The molecule has 27 heavy (non-hydrogen) atoms. The lowest BCUT2D eigenvalue weighted by Gasteiger charge is -2.22. The van der Waals surface area contributed by atoms with Gasteiger partial charge in [0, 0.05) is 24.7 Å². The number of carboxylic acid groups (broad SMARTS) is 1. The summed E-state index contributed by atoms with van der Waals surface area (Å²) in [5.41, 5.74) is 21.6. The van der Waals surface area contributed by atoms with E-state index < -0.39 is 11.9 Å². The van der Waals surface area contributed by atoms with E-state index in [0.717, 1.165) is 18.3 Å². The maximum Gasteiger partial charge on any atom is 0.307 e. The monoisotopic (exact) mass is 388 g/mol. The minimum absolute atomic E-state index is 0.218. The number of hydrogen-bond donors (Lipinski definition) is 5. The molecule has 0 amide bonds. The number of aliphatic carboxylic acids is 1. The van der Waals surface area contributed by atoms with Crippen molar-refractivity contribution in [1.82, 2.24) is 0 Å². The highest BCUT2D eigenvalue weighted by molar-refractivity contribution is 5.69. The van der Waals surface area contributed by atoms with E-state index in [1.807, 2.05) is 6.92 Å². The molecule has 0 aromatic rings. The lowest BCUT2D eigenvalue weighted by atomic mass is 9.88. The molecule has 0 radical (unpaired) electrons. The molecule has 0 spiro atoms. The lowest BCUT2D eigenvalue weighted by Crippen LogP contribution is -2.26. The van der Waals surface area contributed by atoms with Crippen molar-refractivity contribution in [3.63, 3.8) is 0 Å². The van der Waals surface area contributed by atoms with Gasteiger partial charge in [-0.15, -0.1) is 0 Å². The minimum atomic E-state index is -0.831. The lowest BCUT2D eigenvalue weighted by molar-refractivity contribution is -0.140. The second-order valence-electron chi connectivity index (χ2n) is 8.57. The van der Waals surface area contributed by atoms with Crippen LogP contribution in [-0.2, 0) is 4.79 Å². The van der Waals surface area contributed by atoms with Crippen molar-refractivity contribution in [2.75, 3.05) is 6.54 Å². The van der Waals surface area contributed by atoms with Gasteiger partial charge in [-0.05, 0) is 57.3 Å². The highest BCUT2D eigenvalue weighted by atomic mass is 16.4. The summed E-state index contributed by atoms with van der Waals surface area (Å²) >= 11 is 0. The van der Waals surface area contributed by atoms with Crippen molar-refractivity contribution >= 4 is 5.97 Å². The van der Waals surface area contributed by atoms with E-state index in [1.54, 1.807) is 6.92 Å². The standard InChI is InChI=1S/C7H15N.C6H13N.C4H9NO2.C4H11N/c1-6-3-2-4-7(8)5-6;1-5-2-3-6(7)4-5;1-3(2-5)4(6)7;1-3-4(2)5/h6-7H,2-5,8H2,1H3;5-6H,2-4,7H2,1H3;3H,2,5H2,1H3,(H,6,7);4H,3,5H2,1-2H3/t6-,7+;5-,6+;;/m00../s1. The van der Waals surface area contributed by atoms with Crippen LogP contribution in [0.4, 0.5) is 0 Å². The van der Waals surface area contributed by atoms with Crippen molar-refractivity contribution in [3.8, 4) is 0 Å². The average molecular weight is 389 g/mol. The maximum atomic E-state index is 9.85. The zero-order valence-corrected chi connectivity index (χ0v) is 18.5. The van der Waals surface area contributed by atoms with Crippen molar-refractivity contribution in [2.45, 2.75) is 104 Å². The molecule has 0 bridgehead atoms. The Hall–Kier alpha value is -0.690. The molecule has 164 valence electrons. The second kappa shape index (κ2) is 17.4. The van der Waals surface area contributed by atoms with Crippen LogP contribution < -0.4 is 22.9 Å². The molecule has 0 aromatic carbocycles. The summed E-state index contributed by atoms with van der Waals surface area (Å²) < 4.78 is 0. The Balaban J connectivity index is 0. The van der Waals surface area contributed by atoms with Crippen molar-refractivity contribution in [3.05, 3.63) is 0 Å². The van der Waals surface area contributed by atoms with Gasteiger partial charge in [-0.3, -0.25) is 4.79 Å². The second-order valence-corrected chi connectivity index (χ2v) is 8.57. The third-order valence-electron chi connectivity index (χ3n) is 5.13. The molecule has 6 heteroatoms. The third kappa shape index (κ3) is 19.9. The Labute approximate surface area is 167 Å². The predicted octanol–water partition coefficient (Wildman–Crippen LogP) is 3.07. The van der Waals surface area contributed by atoms with Crippen LogP contribution in [0.15, 0.2) is 0 Å². The zero-order valence-electron chi connectivity index (χ0n) is 18.5. The summed E-state index contributed by atoms with van der Waals surface area (Å²) in [7, 11) is 0. The van der Waals surface area contributed by atoms with E-state index in [2.05, 4.69) is 20.8 Å². The molecule has 2 rings (SSSR count). The zero-order chi connectivity index (χ0) is 21.4. The van der Waals surface area contributed by atoms with E-state index >= 15 is 0 Å². The van der Waals surface area contributed by atoms with Gasteiger partial charge >= 0.3 is 5.97 Å². The Morgan fingerprint density at radius 3 is 1.59 bits per heavy atom. The van der Waals surface area contributed by atoms with Crippen LogP contribution in [0.5, 0.6) is 0 Å². The van der Waals surface area contributed by atoms with Gasteiger partial charge in [0.25, 0.3) is 0 Å². The van der Waals surface area contributed by atoms with E-state index in [9.17, 15) is 4.79 Å². The fourth-order valence-electron chi connectivity index (χ4n) is 2.83. The van der Waals surface area contributed by atoms with E-state index in [1.165, 1.54) is 44.9 Å². The van der Waals surface area contributed by atoms with E-state index in [0.29, 0.717) is 18.1 Å². The molecule has 2 aliphatic rings. The molecule has 6 nitrogen and oxygen atoms in total. The fraction of sp³-hybridized carbons (Fsp3) is 0.952. The van der Waals surface area contributed by atoms with Crippen LogP contribution in [0.3, 0.4) is 0 Å². The van der Waals surface area contributed by atoms with Crippen molar-refractivity contribution in [1.29, 1.82) is 0 Å². The van der Waals surface area contributed by atoms with Crippen LogP contribution in [0.1, 0.15) is 86.0 Å². The summed E-state index contributed by atoms with van der Waals surface area (Å²) in [4.78, 5) is 9.85. The molecule has 2 unspecified atom stereocenters. The maximum absolute atomic E-state index is 9.85.